The van der Waals surface area contributed by atoms with Gasteiger partial charge in [0.05, 0.1) is 55.4 Å². The second-order valence-electron chi connectivity index (χ2n) is 10.5. The van der Waals surface area contributed by atoms with Gasteiger partial charge in [-0.3, -0.25) is 14.2 Å². The van der Waals surface area contributed by atoms with E-state index in [1.54, 1.807) is 36.9 Å². The van der Waals surface area contributed by atoms with E-state index in [0.29, 0.717) is 54.9 Å². The van der Waals surface area contributed by atoms with Gasteiger partial charge in [-0.15, -0.1) is 0 Å². The number of anilines is 1. The molecule has 0 aliphatic carbocycles. The van der Waals surface area contributed by atoms with Crippen LogP contribution in [0.5, 0.6) is 11.5 Å². The van der Waals surface area contributed by atoms with Crippen LogP contribution in [0.2, 0.25) is 5.02 Å². The monoisotopic (exact) mass is 721 g/mol. The molecule has 0 fully saturated rings. The fraction of sp³-hybridized carbons (Fsp3) is 0.235. The minimum atomic E-state index is -0.935. The zero-order valence-corrected chi connectivity index (χ0v) is 28.6. The Balaban J connectivity index is 1.61. The van der Waals surface area contributed by atoms with E-state index in [0.717, 1.165) is 16.9 Å². The van der Waals surface area contributed by atoms with Crippen molar-refractivity contribution in [1.29, 1.82) is 0 Å². The van der Waals surface area contributed by atoms with Crippen molar-refractivity contribution in [3.05, 3.63) is 118 Å². The van der Waals surface area contributed by atoms with Gasteiger partial charge < -0.3 is 19.1 Å². The van der Waals surface area contributed by atoms with Gasteiger partial charge in [-0.1, -0.05) is 75.3 Å². The second-order valence-corrected chi connectivity index (χ2v) is 12.7. The molecule has 3 aromatic carbocycles. The number of para-hydroxylation sites is 1. The molecule has 236 valence electrons. The third-order valence-electron chi connectivity index (χ3n) is 7.81. The number of amides is 1. The van der Waals surface area contributed by atoms with Gasteiger partial charge >= 0.3 is 5.97 Å². The summed E-state index contributed by atoms with van der Waals surface area (Å²) in [6.45, 7) is 6.01. The Morgan fingerprint density at radius 3 is 2.50 bits per heavy atom. The van der Waals surface area contributed by atoms with E-state index in [-0.39, 0.29) is 34.7 Å². The van der Waals surface area contributed by atoms with Crippen molar-refractivity contribution in [3.8, 4) is 11.5 Å². The third kappa shape index (κ3) is 5.36. The minimum Gasteiger partial charge on any atom is -0.493 e. The zero-order valence-electron chi connectivity index (χ0n) is 25.4. The van der Waals surface area contributed by atoms with Gasteiger partial charge in [0.2, 0.25) is 0 Å². The first-order valence-corrected chi connectivity index (χ1v) is 16.6. The first-order valence-electron chi connectivity index (χ1n) is 14.6. The number of ether oxygens (including phenoxy) is 3. The predicted octanol–water partition coefficient (Wildman–Crippen LogP) is 5.54. The summed E-state index contributed by atoms with van der Waals surface area (Å²) in [4.78, 5) is 49.0. The standard InChI is InChI=1S/C34H29BrClN3O6S/c1-5-44-26-15-21(22(35)16-25(26)43-4)29-27(33(42)45-6-2)18(3)37-34-39(29)32(41)30(46-34)28-20-12-8-10-14-24(20)38(31(28)40)17-19-11-7-9-13-23(19)36/h7-16,29H,5-6,17H2,1-4H3/b30-28+/t29-/m0/s1. The number of benzene rings is 3. The van der Waals surface area contributed by atoms with Crippen molar-refractivity contribution in [2.75, 3.05) is 25.2 Å². The first-order chi connectivity index (χ1) is 22.2. The van der Waals surface area contributed by atoms with E-state index in [2.05, 4.69) is 15.9 Å². The van der Waals surface area contributed by atoms with Gasteiger partial charge in [0, 0.05) is 15.1 Å². The van der Waals surface area contributed by atoms with E-state index in [1.807, 2.05) is 49.4 Å². The van der Waals surface area contributed by atoms with Crippen LogP contribution in [0, 0.1) is 0 Å². The van der Waals surface area contributed by atoms with Gasteiger partial charge in [-0.2, -0.15) is 0 Å². The van der Waals surface area contributed by atoms with Gasteiger partial charge in [0.1, 0.15) is 4.53 Å². The zero-order chi connectivity index (χ0) is 32.7. The Morgan fingerprint density at radius 1 is 1.04 bits per heavy atom. The average Bonchev–Trinajstić information content (AvgIpc) is 3.50. The molecular formula is C34H29BrClN3O6S. The molecule has 1 amide bonds. The fourth-order valence-corrected chi connectivity index (χ4v) is 7.65. The van der Waals surface area contributed by atoms with E-state index in [4.69, 9.17) is 30.8 Å². The molecule has 3 heterocycles. The number of hydrogen-bond acceptors (Lipinski definition) is 8. The topological polar surface area (TPSA) is 99.4 Å². The molecule has 6 rings (SSSR count). The summed E-state index contributed by atoms with van der Waals surface area (Å²) in [5.41, 5.74) is 3.07. The lowest BCUT2D eigenvalue weighted by Gasteiger charge is -2.26. The van der Waals surface area contributed by atoms with Crippen LogP contribution in [0.15, 0.2) is 86.2 Å². The number of thiazole rings is 1. The summed E-state index contributed by atoms with van der Waals surface area (Å²) < 4.78 is 19.1. The molecule has 0 N–H and O–H groups in total. The molecule has 0 spiro atoms. The largest absolute Gasteiger partial charge is 0.493 e. The van der Waals surface area contributed by atoms with Crippen LogP contribution < -0.4 is 29.3 Å². The predicted molar refractivity (Wildman–Crippen MR) is 180 cm³/mol. The minimum absolute atomic E-state index is 0.136. The quantitative estimate of drug-likeness (QED) is 0.222. The van der Waals surface area contributed by atoms with Gasteiger partial charge in [-0.05, 0) is 56.2 Å². The number of halogens is 2. The Labute approximate surface area is 282 Å². The van der Waals surface area contributed by atoms with Crippen LogP contribution in [0.3, 0.4) is 0 Å². The lowest BCUT2D eigenvalue weighted by atomic mass is 9.95. The number of rotatable bonds is 8. The molecule has 9 nitrogen and oxygen atoms in total. The van der Waals surface area contributed by atoms with E-state index in [1.165, 1.54) is 11.7 Å². The molecule has 0 radical (unpaired) electrons. The molecule has 0 bridgehead atoms. The number of nitrogens with zero attached hydrogens (tertiary/aromatic N) is 3. The van der Waals surface area contributed by atoms with Crippen molar-refractivity contribution in [3.63, 3.8) is 0 Å². The van der Waals surface area contributed by atoms with Crippen molar-refractivity contribution in [2.45, 2.75) is 33.4 Å². The summed E-state index contributed by atoms with van der Waals surface area (Å²) in [7, 11) is 1.54. The Hall–Kier alpha value is -4.19. The van der Waals surface area contributed by atoms with Crippen LogP contribution >= 0.6 is 38.9 Å². The molecule has 1 aromatic heterocycles. The highest BCUT2D eigenvalue weighted by molar-refractivity contribution is 9.10. The van der Waals surface area contributed by atoms with E-state index < -0.39 is 17.6 Å². The van der Waals surface area contributed by atoms with E-state index in [9.17, 15) is 14.4 Å². The van der Waals surface area contributed by atoms with E-state index >= 15 is 0 Å². The lowest BCUT2D eigenvalue weighted by Crippen LogP contribution is -2.41. The highest BCUT2D eigenvalue weighted by Crippen LogP contribution is 2.41. The van der Waals surface area contributed by atoms with Gasteiger partial charge in [-0.25, -0.2) is 9.79 Å². The number of methoxy groups -OCH3 is 1. The number of hydrogen-bond donors (Lipinski definition) is 0. The molecular weight excluding hydrogens is 694 g/mol. The number of carbonyl (C=O) groups is 2. The highest BCUT2D eigenvalue weighted by Gasteiger charge is 2.38. The summed E-state index contributed by atoms with van der Waals surface area (Å²) in [5.74, 6) is 0.00693. The first kappa shape index (κ1) is 31.8. The molecule has 46 heavy (non-hydrogen) atoms. The van der Waals surface area contributed by atoms with Gasteiger partial charge in [0.25, 0.3) is 11.5 Å². The maximum Gasteiger partial charge on any atom is 0.338 e. The van der Waals surface area contributed by atoms with Crippen molar-refractivity contribution in [2.24, 2.45) is 4.99 Å². The van der Waals surface area contributed by atoms with Crippen molar-refractivity contribution < 1.29 is 23.8 Å². The number of aromatic nitrogens is 1. The number of carbonyl (C=O) groups excluding carboxylic acids is 2. The van der Waals surface area contributed by atoms with Crippen molar-refractivity contribution >= 4 is 62.0 Å². The molecule has 12 heteroatoms. The normalized spacial score (nSPS) is 16.6. The third-order valence-corrected chi connectivity index (χ3v) is 9.92. The van der Waals surface area contributed by atoms with Crippen LogP contribution in [0.4, 0.5) is 5.69 Å². The smallest absolute Gasteiger partial charge is 0.338 e. The number of allylic oxidation sites excluding steroid dienone is 1. The van der Waals surface area contributed by atoms with Crippen LogP contribution in [-0.4, -0.2) is 36.8 Å². The highest BCUT2D eigenvalue weighted by atomic mass is 79.9. The lowest BCUT2D eigenvalue weighted by molar-refractivity contribution is -0.139. The van der Waals surface area contributed by atoms with Crippen molar-refractivity contribution in [1.82, 2.24) is 4.57 Å². The SMILES string of the molecule is CCOC(=O)C1=C(C)N=c2s/c(=C3/C(=O)N(Cc4ccccc4Cl)c4ccccc43)c(=O)n2[C@H]1c1cc(OCC)c(OC)cc1Br. The fourth-order valence-electron chi connectivity index (χ4n) is 5.78. The Bertz CT molecular complexity index is 2120. The molecule has 2 aliphatic heterocycles. The molecule has 1 atom stereocenters. The Kier molecular flexibility index (Phi) is 8.91. The number of fused-ring (bicyclic) bond motifs is 2. The molecule has 0 saturated carbocycles. The Morgan fingerprint density at radius 2 is 1.78 bits per heavy atom. The number of esters is 1. The second kappa shape index (κ2) is 12.9. The molecule has 0 unspecified atom stereocenters. The maximum atomic E-state index is 14.6. The van der Waals surface area contributed by atoms with Gasteiger partial charge in [0.15, 0.2) is 16.3 Å². The molecule has 0 saturated heterocycles. The summed E-state index contributed by atoms with van der Waals surface area (Å²) >= 11 is 11.2. The summed E-state index contributed by atoms with van der Waals surface area (Å²) in [6.07, 6.45) is 0. The molecule has 2 aliphatic rings. The average molecular weight is 723 g/mol. The van der Waals surface area contributed by atoms with Crippen LogP contribution in [0.25, 0.3) is 5.57 Å². The van der Waals surface area contributed by atoms with Crippen LogP contribution in [0.1, 0.15) is 43.5 Å². The summed E-state index contributed by atoms with van der Waals surface area (Å²) in [6, 6.07) is 17.3. The van der Waals surface area contributed by atoms with Crippen LogP contribution in [-0.2, 0) is 20.9 Å². The maximum absolute atomic E-state index is 14.6. The molecule has 4 aromatic rings. The summed E-state index contributed by atoms with van der Waals surface area (Å²) in [5, 5.41) is 0.541.